The smallest absolute Gasteiger partial charge is 0.191 e. The molecule has 0 N–H and O–H groups in total. The van der Waals surface area contributed by atoms with E-state index in [1.165, 1.54) is 0 Å². The lowest BCUT2D eigenvalue weighted by Gasteiger charge is -2.36. The summed E-state index contributed by atoms with van der Waals surface area (Å²) >= 11 is 3.39. The molecule has 0 aliphatic carbocycles. The molecule has 0 aliphatic heterocycles. The van der Waals surface area contributed by atoms with Crippen LogP contribution in [0.5, 0.6) is 0 Å². The van der Waals surface area contributed by atoms with Gasteiger partial charge in [0, 0.05) is 11.9 Å². The normalized spacial score (nSPS) is 16.1. The maximum absolute atomic E-state index is 7.96. The minimum Gasteiger partial charge on any atom is -0.417 e. The Kier molecular flexibility index (Phi) is 5.72. The second-order valence-electron chi connectivity index (χ2n) is 5.51. The third-order valence-electron chi connectivity index (χ3n) is 3.05. The van der Waals surface area contributed by atoms with Gasteiger partial charge in [-0.2, -0.15) is 0 Å². The highest BCUT2D eigenvalue weighted by atomic mass is 79.9. The van der Waals surface area contributed by atoms with E-state index >= 15 is 0 Å². The summed E-state index contributed by atoms with van der Waals surface area (Å²) in [5.41, 5.74) is 0. The van der Waals surface area contributed by atoms with Gasteiger partial charge >= 0.3 is 0 Å². The molecule has 0 heterocycles. The van der Waals surface area contributed by atoms with Gasteiger partial charge in [-0.1, -0.05) is 49.5 Å². The molecular weight excluding hydrogens is 268 g/mol. The highest BCUT2D eigenvalue weighted by Crippen LogP contribution is 2.36. The van der Waals surface area contributed by atoms with Crippen LogP contribution in [0.15, 0.2) is 0 Å². The molecule has 0 amide bonds. The number of rotatable bonds is 7. The van der Waals surface area contributed by atoms with E-state index in [1.54, 1.807) is 0 Å². The number of halogens is 1. The van der Waals surface area contributed by atoms with Crippen LogP contribution in [-0.2, 0) is 4.43 Å². The van der Waals surface area contributed by atoms with Gasteiger partial charge < -0.3 is 4.43 Å². The Bertz CT molecular complexity index is 227. The van der Waals surface area contributed by atoms with Crippen LogP contribution in [0.1, 0.15) is 49.2 Å². The maximum Gasteiger partial charge on any atom is 0.191 e. The topological polar surface area (TPSA) is 9.23 Å². The Morgan fingerprint density at radius 1 is 1.13 bits per heavy atom. The highest BCUT2D eigenvalue weighted by Gasteiger charge is 2.36. The first-order valence-electron chi connectivity index (χ1n) is 6.78. The first kappa shape index (κ1) is 12.1. The molecule has 0 rings (SSSR count). The number of hydrogen-bond acceptors (Lipinski definition) is 1. The molecule has 0 saturated carbocycles. The van der Waals surface area contributed by atoms with E-state index in [1.807, 2.05) is 0 Å². The monoisotopic (exact) mass is 296 g/mol. The summed E-state index contributed by atoms with van der Waals surface area (Å²) in [7, 11) is -1.99. The number of hydrogen-bond donors (Lipinski definition) is 0. The first-order chi connectivity index (χ1) is 7.52. The van der Waals surface area contributed by atoms with Crippen molar-refractivity contribution in [3.8, 4) is 0 Å². The summed E-state index contributed by atoms with van der Waals surface area (Å²) in [6.07, 6.45) is 3.57. The van der Waals surface area contributed by atoms with Crippen LogP contribution < -0.4 is 0 Å². The molecule has 0 radical (unpaired) electrons. The van der Waals surface area contributed by atoms with Crippen molar-refractivity contribution in [1.29, 1.82) is 0 Å². The van der Waals surface area contributed by atoms with Crippen molar-refractivity contribution in [1.82, 2.24) is 0 Å². The zero-order valence-corrected chi connectivity index (χ0v) is 13.4. The van der Waals surface area contributed by atoms with E-state index in [4.69, 9.17) is 7.17 Å². The minimum atomic E-state index is -1.99. The van der Waals surface area contributed by atoms with Gasteiger partial charge in [0.25, 0.3) is 0 Å². The largest absolute Gasteiger partial charge is 0.417 e. The van der Waals surface area contributed by atoms with E-state index in [-0.39, 0.29) is 5.04 Å². The predicted molar refractivity (Wildman–Crippen MR) is 75.4 cm³/mol. The van der Waals surface area contributed by atoms with Crippen molar-refractivity contribution in [2.45, 2.75) is 64.6 Å². The fraction of sp³-hybridized carbons (Fsp3) is 1.00. The summed E-state index contributed by atoms with van der Waals surface area (Å²) < 4.78 is 21.8. The first-order valence-corrected chi connectivity index (χ1v) is 9.81. The van der Waals surface area contributed by atoms with Crippen molar-refractivity contribution in [2.75, 3.05) is 11.9 Å². The van der Waals surface area contributed by atoms with Crippen LogP contribution in [0.25, 0.3) is 0 Å². The summed E-state index contributed by atoms with van der Waals surface area (Å²) in [6.45, 7) is 9.16. The summed E-state index contributed by atoms with van der Waals surface area (Å²) in [4.78, 5) is 0. The van der Waals surface area contributed by atoms with Gasteiger partial charge in [-0.25, -0.2) is 0 Å². The van der Waals surface area contributed by atoms with Crippen LogP contribution >= 0.6 is 15.9 Å². The fourth-order valence-electron chi connectivity index (χ4n) is 0.853. The second-order valence-corrected chi connectivity index (χ2v) is 11.0. The Labute approximate surface area is 108 Å². The molecule has 0 aliphatic rings. The van der Waals surface area contributed by atoms with E-state index in [0.29, 0.717) is 6.42 Å². The molecule has 0 atom stereocenters. The number of unbranched alkanes of at least 4 members (excludes halogenated alkanes) is 2. The molecule has 1 nitrogen and oxygen atoms in total. The zero-order valence-electron chi connectivity index (χ0n) is 12.8. The van der Waals surface area contributed by atoms with E-state index in [0.717, 1.165) is 24.6 Å². The van der Waals surface area contributed by atoms with Crippen LogP contribution in [0.3, 0.4) is 0 Å². The van der Waals surface area contributed by atoms with Crippen molar-refractivity contribution in [3.63, 3.8) is 0 Å². The predicted octanol–water partition coefficient (Wildman–Crippen LogP) is 4.96. The van der Waals surface area contributed by atoms with Crippen LogP contribution in [0, 0.1) is 0 Å². The summed E-state index contributed by atoms with van der Waals surface area (Å²) in [6, 6.07) is 0. The lowest BCUT2D eigenvalue weighted by Crippen LogP contribution is -2.40. The summed E-state index contributed by atoms with van der Waals surface area (Å²) in [5, 5.41) is 1.06. The number of alkyl halides is 1. The molecule has 0 aromatic heterocycles. The molecule has 0 saturated heterocycles. The third kappa shape index (κ3) is 6.75. The molecule has 0 unspecified atom stereocenters. The van der Waals surface area contributed by atoms with Crippen LogP contribution in [0.2, 0.25) is 18.1 Å². The molecule has 0 aromatic rings. The van der Waals surface area contributed by atoms with E-state index < -0.39 is 14.9 Å². The zero-order chi connectivity index (χ0) is 13.7. The van der Waals surface area contributed by atoms with Crippen molar-refractivity contribution >= 4 is 24.2 Å². The Morgan fingerprint density at radius 3 is 2.13 bits per heavy atom. The highest BCUT2D eigenvalue weighted by molar-refractivity contribution is 9.09. The lowest BCUT2D eigenvalue weighted by atomic mass is 10.2. The van der Waals surface area contributed by atoms with Crippen molar-refractivity contribution in [3.05, 3.63) is 0 Å². The standard InChI is InChI=1S/C12H27BrOSi/c1-12(2,3)15(4,5)14-11-9-7-6-8-10-13/h6-11H2,1-5H3/i11D2. The van der Waals surface area contributed by atoms with Gasteiger partial charge in [-0.15, -0.1) is 0 Å². The Morgan fingerprint density at radius 2 is 1.67 bits per heavy atom. The van der Waals surface area contributed by atoms with E-state index in [2.05, 4.69) is 49.8 Å². The van der Waals surface area contributed by atoms with Crippen molar-refractivity contribution < 1.29 is 7.17 Å². The third-order valence-corrected chi connectivity index (χ3v) is 7.87. The molecule has 0 fully saturated rings. The van der Waals surface area contributed by atoms with Gasteiger partial charge in [0.1, 0.15) is 0 Å². The fourth-order valence-corrected chi connectivity index (χ4v) is 2.02. The van der Waals surface area contributed by atoms with Crippen LogP contribution in [0.4, 0.5) is 0 Å². The minimum absolute atomic E-state index is 0.0657. The van der Waals surface area contributed by atoms with Crippen LogP contribution in [-0.4, -0.2) is 20.2 Å². The van der Waals surface area contributed by atoms with Crippen molar-refractivity contribution in [2.24, 2.45) is 0 Å². The van der Waals surface area contributed by atoms with Gasteiger partial charge in [0.2, 0.25) is 0 Å². The van der Waals surface area contributed by atoms with Gasteiger partial charge in [0.05, 0.1) is 2.74 Å². The molecule has 15 heavy (non-hydrogen) atoms. The second kappa shape index (κ2) is 7.07. The molecular formula is C12H27BrOSi. The van der Waals surface area contributed by atoms with Gasteiger partial charge in [-0.05, 0) is 31.0 Å². The van der Waals surface area contributed by atoms with Gasteiger partial charge in [0.15, 0.2) is 8.32 Å². The Hall–Kier alpha value is 0.657. The molecule has 0 bridgehead atoms. The molecule has 0 aromatic carbocycles. The molecule has 92 valence electrons. The molecule has 3 heteroatoms. The quantitative estimate of drug-likeness (QED) is 0.366. The average Bonchev–Trinajstić information content (AvgIpc) is 2.09. The summed E-state index contributed by atoms with van der Waals surface area (Å²) in [5.74, 6) is 0. The SMILES string of the molecule is [2H]C([2H])(CCCCCBr)O[Si](C)(C)C(C)(C)C. The molecule has 0 spiro atoms. The maximum atomic E-state index is 7.96. The van der Waals surface area contributed by atoms with E-state index in [9.17, 15) is 0 Å². The Balaban J connectivity index is 4.24. The lowest BCUT2D eigenvalue weighted by molar-refractivity contribution is 0.278. The van der Waals surface area contributed by atoms with Gasteiger partial charge in [-0.3, -0.25) is 0 Å². The average molecular weight is 297 g/mol.